The number of aromatic amines is 2. The summed E-state index contributed by atoms with van der Waals surface area (Å²) in [4.78, 5) is 156. The number of carbonyl (C=O) groups excluding carboxylic acids is 10. The Bertz CT molecular complexity index is 2850. The maximum Gasteiger partial charge on any atom is 0.325 e. The number of guanidine groups is 1. The third kappa shape index (κ3) is 17.3. The summed E-state index contributed by atoms with van der Waals surface area (Å²) in [6.07, 6.45) is 5.46. The van der Waals surface area contributed by atoms with Crippen LogP contribution in [-0.4, -0.2) is 157 Å². The van der Waals surface area contributed by atoms with Gasteiger partial charge in [-0.25, -0.2) is 14.7 Å². The van der Waals surface area contributed by atoms with E-state index in [2.05, 4.69) is 62.5 Å². The quantitative estimate of drug-likeness (QED) is 0.0215. The van der Waals surface area contributed by atoms with Gasteiger partial charge in [-0.05, 0) is 57.2 Å². The number of nitrogens with zero attached hydrogens (tertiary/aromatic N) is 3. The van der Waals surface area contributed by atoms with Crippen molar-refractivity contribution < 1.29 is 47.9 Å². The van der Waals surface area contributed by atoms with Gasteiger partial charge >= 0.3 is 6.03 Å². The molecule has 0 bridgehead atoms. The molecule has 6 rings (SSSR count). The number of hydrogen-bond acceptors (Lipinski definition) is 14. The predicted molar refractivity (Wildman–Crippen MR) is 297 cm³/mol. The van der Waals surface area contributed by atoms with Crippen LogP contribution in [0.25, 0.3) is 10.9 Å². The van der Waals surface area contributed by atoms with Gasteiger partial charge in [-0.1, -0.05) is 89.9 Å². The SMILES string of the molecule is CCCC[C@@H](C(=O)N[C@H]1CSSC[C@@H](C(C)=O)NC(=O)[C@H](Cc2c[nH]c3ccccc23)NC(=O)[C@H](CCCN=C(N)N)NC(=O)[C@@H](Cc2ccccc2)NC(=O)[C@H](Cc2cnc[nH]2)NC(=O)[C@@H](C)NC1=O)N1C(=O)N[C@H](C)C1=O. The molecular weight excluding hydrogens is 1060 g/mol. The second-order valence-electron chi connectivity index (χ2n) is 19.3. The number of para-hydroxylation sites is 1. The van der Waals surface area contributed by atoms with Crippen LogP contribution in [0.3, 0.4) is 0 Å². The smallest absolute Gasteiger partial charge is 0.325 e. The maximum atomic E-state index is 14.7. The van der Waals surface area contributed by atoms with E-state index in [9.17, 15) is 47.9 Å². The summed E-state index contributed by atoms with van der Waals surface area (Å²) in [5, 5.41) is 22.4. The lowest BCUT2D eigenvalue weighted by Gasteiger charge is -2.28. The van der Waals surface area contributed by atoms with Crippen LogP contribution in [0.2, 0.25) is 0 Å². The fraction of sp³-hybridized carbons (Fsp3) is 0.462. The molecule has 14 N–H and O–H groups in total. The van der Waals surface area contributed by atoms with Crippen LogP contribution in [0.5, 0.6) is 0 Å². The summed E-state index contributed by atoms with van der Waals surface area (Å²) in [6, 6.07) is 3.71. The first-order valence-corrected chi connectivity index (χ1v) is 28.4. The molecule has 10 amide bonds. The molecule has 2 aromatic carbocycles. The number of carbonyl (C=O) groups is 10. The summed E-state index contributed by atoms with van der Waals surface area (Å²) >= 11 is 0. The van der Waals surface area contributed by atoms with E-state index in [0.717, 1.165) is 37.4 Å². The summed E-state index contributed by atoms with van der Waals surface area (Å²) in [5.41, 5.74) is 13.6. The fourth-order valence-electron chi connectivity index (χ4n) is 8.79. The number of Topliss-reactive ketones (excluding diaryl/α,β-unsaturated/α-hetero) is 1. The first kappa shape index (κ1) is 60.3. The second-order valence-corrected chi connectivity index (χ2v) is 21.8. The van der Waals surface area contributed by atoms with Crippen molar-refractivity contribution in [3.05, 3.63) is 90.1 Å². The normalized spacial score (nSPS) is 23.7. The monoisotopic (exact) mass is 1130 g/mol. The molecule has 0 saturated carbocycles. The van der Waals surface area contributed by atoms with Gasteiger partial charge in [0.05, 0.1) is 12.4 Å². The molecule has 0 radical (unpaired) electrons. The highest BCUT2D eigenvalue weighted by atomic mass is 33.1. The van der Waals surface area contributed by atoms with Crippen LogP contribution >= 0.6 is 21.6 Å². The molecule has 25 nitrogen and oxygen atoms in total. The van der Waals surface area contributed by atoms with E-state index in [1.807, 2.05) is 31.2 Å². The van der Waals surface area contributed by atoms with E-state index in [1.54, 1.807) is 36.5 Å². The molecule has 0 unspecified atom stereocenters. The molecule has 2 fully saturated rings. The van der Waals surface area contributed by atoms with Crippen molar-refractivity contribution in [3.8, 4) is 0 Å². The van der Waals surface area contributed by atoms with Gasteiger partial charge in [0.1, 0.15) is 48.3 Å². The van der Waals surface area contributed by atoms with E-state index in [1.165, 1.54) is 33.3 Å². The number of imide groups is 1. The number of amides is 10. The molecule has 27 heteroatoms. The molecule has 2 aliphatic rings. The Morgan fingerprint density at radius 3 is 2.01 bits per heavy atom. The van der Waals surface area contributed by atoms with Gasteiger partial charge in [0, 0.05) is 66.3 Å². The lowest BCUT2D eigenvalue weighted by Crippen LogP contribution is -2.61. The molecule has 2 aromatic heterocycles. The Kier molecular flexibility index (Phi) is 22.2. The number of fused-ring (bicyclic) bond motifs is 1. The van der Waals surface area contributed by atoms with E-state index in [0.29, 0.717) is 29.7 Å². The van der Waals surface area contributed by atoms with Crippen LogP contribution in [0.15, 0.2) is 78.3 Å². The molecule has 2 aliphatic heterocycles. The van der Waals surface area contributed by atoms with Gasteiger partial charge in [0.2, 0.25) is 41.4 Å². The van der Waals surface area contributed by atoms with Gasteiger partial charge < -0.3 is 64.0 Å². The minimum atomic E-state index is -1.42. The number of aromatic nitrogens is 3. The van der Waals surface area contributed by atoms with Gasteiger partial charge in [0.25, 0.3) is 5.91 Å². The Morgan fingerprint density at radius 2 is 1.35 bits per heavy atom. The Morgan fingerprint density at radius 1 is 0.722 bits per heavy atom. The summed E-state index contributed by atoms with van der Waals surface area (Å²) in [6.45, 7) is 6.05. The highest BCUT2D eigenvalue weighted by Crippen LogP contribution is 2.25. The first-order chi connectivity index (χ1) is 37.8. The fourth-order valence-corrected chi connectivity index (χ4v) is 11.2. The third-order valence-corrected chi connectivity index (χ3v) is 15.6. The number of H-pyrrole nitrogens is 2. The number of rotatable bonds is 17. The van der Waals surface area contributed by atoms with Crippen LogP contribution < -0.4 is 54.0 Å². The highest BCUT2D eigenvalue weighted by Gasteiger charge is 2.43. The van der Waals surface area contributed by atoms with E-state index in [4.69, 9.17) is 11.5 Å². The molecular formula is C52H69N15O10S2. The van der Waals surface area contributed by atoms with E-state index < -0.39 is 113 Å². The number of hydrogen-bond donors (Lipinski definition) is 12. The maximum absolute atomic E-state index is 14.7. The molecule has 9 atom stereocenters. The third-order valence-electron chi connectivity index (χ3n) is 13.2. The number of urea groups is 1. The van der Waals surface area contributed by atoms with Crippen LogP contribution in [0, 0.1) is 0 Å². The van der Waals surface area contributed by atoms with E-state index >= 15 is 0 Å². The first-order valence-electron chi connectivity index (χ1n) is 26.0. The number of aliphatic imine (C=N–C) groups is 1. The van der Waals surface area contributed by atoms with Crippen molar-refractivity contribution >= 4 is 97.5 Å². The lowest BCUT2D eigenvalue weighted by atomic mass is 10.0. The van der Waals surface area contributed by atoms with Gasteiger partial charge in [0.15, 0.2) is 11.7 Å². The number of nitrogens with one attached hydrogen (secondary N) is 10. The number of nitrogens with two attached hydrogens (primary N) is 2. The number of imidazole rings is 1. The Hall–Kier alpha value is -7.94. The van der Waals surface area contributed by atoms with Gasteiger partial charge in [-0.3, -0.25) is 48.1 Å². The molecule has 2 saturated heterocycles. The standard InChI is InChI=1S/C52H69N15O10S2/c1-5-6-18-42(67-50(76)29(3)60-52(67)77)49(75)66-41-26-79-78-25-40(30(4)68)65-46(72)38(21-32-23-57-35-16-11-10-15-34(32)35)64-44(70)36(17-12-19-56-51(53)54)61-45(71)37(20-31-13-8-7-9-14-31)63-47(73)39(22-33-24-55-27-58-33)62-43(69)28(2)59-48(41)74/h7-11,13-16,23-24,27-29,36-42,57H,5-6,12,17-22,25-26H2,1-4H3,(H,55,58)(H,59,74)(H,60,77)(H,61,71)(H,62,69)(H,63,73)(H,64,70)(H,65,72)(H,66,75)(H4,53,54,56)/t28-,29-,36+,37-,38+,39+,40+,41+,42+/m1/s1. The second kappa shape index (κ2) is 29.2. The minimum absolute atomic E-state index is 0.0421. The van der Waals surface area contributed by atoms with Gasteiger partial charge in [-0.15, -0.1) is 0 Å². The Labute approximate surface area is 464 Å². The number of ketones is 1. The van der Waals surface area contributed by atoms with Crippen LogP contribution in [0.4, 0.5) is 4.79 Å². The molecule has 0 spiro atoms. The zero-order valence-electron chi connectivity index (χ0n) is 44.3. The van der Waals surface area contributed by atoms with Gasteiger partial charge in [-0.2, -0.15) is 0 Å². The zero-order chi connectivity index (χ0) is 57.2. The average molecular weight is 1130 g/mol. The van der Waals surface area contributed by atoms with Crippen LogP contribution in [0.1, 0.15) is 76.6 Å². The molecule has 79 heavy (non-hydrogen) atoms. The molecule has 4 heterocycles. The molecule has 0 aliphatic carbocycles. The van der Waals surface area contributed by atoms with Crippen molar-refractivity contribution in [2.24, 2.45) is 16.5 Å². The van der Waals surface area contributed by atoms with E-state index in [-0.39, 0.29) is 62.5 Å². The highest BCUT2D eigenvalue weighted by molar-refractivity contribution is 8.76. The topological polar surface area (TPSA) is 379 Å². The summed E-state index contributed by atoms with van der Waals surface area (Å²) in [5.74, 6) is -7.18. The van der Waals surface area contributed by atoms with Crippen molar-refractivity contribution in [2.75, 3.05) is 18.1 Å². The van der Waals surface area contributed by atoms with Crippen molar-refractivity contribution in [2.45, 2.75) is 133 Å². The van der Waals surface area contributed by atoms with Crippen LogP contribution in [-0.2, 0) is 62.4 Å². The molecule has 4 aromatic rings. The minimum Gasteiger partial charge on any atom is -0.370 e. The lowest BCUT2D eigenvalue weighted by molar-refractivity contribution is -0.137. The number of unbranched alkanes of at least 4 members (excludes halogenated alkanes) is 1. The van der Waals surface area contributed by atoms with Crippen molar-refractivity contribution in [1.82, 2.24) is 62.4 Å². The molecule has 424 valence electrons. The largest absolute Gasteiger partial charge is 0.370 e. The van der Waals surface area contributed by atoms with Crippen molar-refractivity contribution in [1.29, 1.82) is 0 Å². The predicted octanol–water partition coefficient (Wildman–Crippen LogP) is -0.131. The zero-order valence-corrected chi connectivity index (χ0v) is 45.9. The average Bonchev–Trinajstić information content (AvgIpc) is 4.18. The summed E-state index contributed by atoms with van der Waals surface area (Å²) in [7, 11) is 2.13. The number of benzene rings is 2. The Balaban J connectivity index is 1.38. The van der Waals surface area contributed by atoms with Crippen molar-refractivity contribution in [3.63, 3.8) is 0 Å². The summed E-state index contributed by atoms with van der Waals surface area (Å²) < 4.78 is 0.